The smallest absolute Gasteiger partial charge is 0.276 e. The molecule has 1 aliphatic heterocycles. The summed E-state index contributed by atoms with van der Waals surface area (Å²) in [5.41, 5.74) is 2.15. The van der Waals surface area contributed by atoms with Crippen LogP contribution >= 0.6 is 0 Å². The fourth-order valence-corrected chi connectivity index (χ4v) is 2.33. The molecule has 0 spiro atoms. The summed E-state index contributed by atoms with van der Waals surface area (Å²) in [6.45, 7) is 0. The first kappa shape index (κ1) is 13.5. The lowest BCUT2D eigenvalue weighted by molar-refractivity contribution is -0.385. The van der Waals surface area contributed by atoms with E-state index in [1.54, 1.807) is 36.4 Å². The molecule has 1 N–H and O–H groups in total. The molecule has 0 bridgehead atoms. The van der Waals surface area contributed by atoms with Crippen molar-refractivity contribution in [2.75, 3.05) is 5.32 Å². The molecule has 1 aliphatic rings. The van der Waals surface area contributed by atoms with E-state index in [1.807, 2.05) is 6.07 Å². The standard InChI is InChI=1S/C16H9N3O3/c17-9-10-5-6-14-12(7-10)13(16(20)18-14)8-11-3-1-2-4-15(11)19(21)22/h1-8H,(H,18,20). The van der Waals surface area contributed by atoms with Crippen molar-refractivity contribution in [3.05, 3.63) is 69.3 Å². The lowest BCUT2D eigenvalue weighted by Crippen LogP contribution is -2.03. The van der Waals surface area contributed by atoms with Crippen LogP contribution in [0.1, 0.15) is 16.7 Å². The molecule has 0 saturated heterocycles. The molecule has 0 atom stereocenters. The highest BCUT2D eigenvalue weighted by atomic mass is 16.6. The topological polar surface area (TPSA) is 96.0 Å². The molecule has 1 heterocycles. The number of fused-ring (bicyclic) bond motifs is 1. The van der Waals surface area contributed by atoms with Gasteiger partial charge in [0.1, 0.15) is 0 Å². The molecule has 0 fully saturated rings. The average Bonchev–Trinajstić information content (AvgIpc) is 2.83. The van der Waals surface area contributed by atoms with Gasteiger partial charge >= 0.3 is 0 Å². The summed E-state index contributed by atoms with van der Waals surface area (Å²) >= 11 is 0. The number of nitro groups is 1. The van der Waals surface area contributed by atoms with Crippen LogP contribution in [0.2, 0.25) is 0 Å². The molecule has 6 heteroatoms. The Morgan fingerprint density at radius 3 is 2.73 bits per heavy atom. The summed E-state index contributed by atoms with van der Waals surface area (Å²) in [5.74, 6) is -0.344. The van der Waals surface area contributed by atoms with Gasteiger partial charge in [-0.25, -0.2) is 0 Å². The minimum absolute atomic E-state index is 0.0762. The molecule has 106 valence electrons. The van der Waals surface area contributed by atoms with E-state index < -0.39 is 4.92 Å². The molecule has 1 amide bonds. The number of hydrogen-bond acceptors (Lipinski definition) is 4. The van der Waals surface area contributed by atoms with Crippen LogP contribution < -0.4 is 5.32 Å². The number of anilines is 1. The molecular weight excluding hydrogens is 282 g/mol. The number of amides is 1. The van der Waals surface area contributed by atoms with Crippen molar-refractivity contribution in [3.63, 3.8) is 0 Å². The Balaban J connectivity index is 2.16. The normalized spacial score (nSPS) is 14.3. The summed E-state index contributed by atoms with van der Waals surface area (Å²) in [7, 11) is 0. The molecule has 6 nitrogen and oxygen atoms in total. The highest BCUT2D eigenvalue weighted by Crippen LogP contribution is 2.35. The van der Waals surface area contributed by atoms with Crippen molar-refractivity contribution in [2.24, 2.45) is 0 Å². The summed E-state index contributed by atoms with van der Waals surface area (Å²) < 4.78 is 0. The van der Waals surface area contributed by atoms with Gasteiger partial charge in [-0.3, -0.25) is 14.9 Å². The predicted octanol–water partition coefficient (Wildman–Crippen LogP) is 2.96. The van der Waals surface area contributed by atoms with E-state index in [4.69, 9.17) is 5.26 Å². The van der Waals surface area contributed by atoms with E-state index in [0.29, 0.717) is 28.0 Å². The van der Waals surface area contributed by atoms with E-state index >= 15 is 0 Å². The summed E-state index contributed by atoms with van der Waals surface area (Å²) in [5, 5.41) is 22.7. The highest BCUT2D eigenvalue weighted by molar-refractivity contribution is 6.35. The fraction of sp³-hybridized carbons (Fsp3) is 0. The Bertz CT molecular complexity index is 878. The van der Waals surface area contributed by atoms with Crippen LogP contribution in [-0.4, -0.2) is 10.8 Å². The third-order valence-electron chi connectivity index (χ3n) is 3.36. The van der Waals surface area contributed by atoms with E-state index in [1.165, 1.54) is 12.1 Å². The Labute approximate surface area is 125 Å². The van der Waals surface area contributed by atoms with Gasteiger partial charge in [0.25, 0.3) is 11.6 Å². The molecule has 2 aromatic rings. The van der Waals surface area contributed by atoms with Crippen molar-refractivity contribution in [1.29, 1.82) is 5.26 Å². The highest BCUT2D eigenvalue weighted by Gasteiger charge is 2.25. The number of nitro benzene ring substituents is 1. The van der Waals surface area contributed by atoms with Gasteiger partial charge in [-0.15, -0.1) is 0 Å². The van der Waals surface area contributed by atoms with E-state index in [0.717, 1.165) is 0 Å². The SMILES string of the molecule is N#Cc1ccc2c(c1)C(=Cc1ccccc1[N+](=O)[O-])C(=O)N2. The fourth-order valence-electron chi connectivity index (χ4n) is 2.33. The van der Waals surface area contributed by atoms with Crippen molar-refractivity contribution < 1.29 is 9.72 Å². The Kier molecular flexibility index (Phi) is 3.16. The first-order valence-corrected chi connectivity index (χ1v) is 6.41. The van der Waals surface area contributed by atoms with E-state index in [9.17, 15) is 14.9 Å². The summed E-state index contributed by atoms with van der Waals surface area (Å²) in [6.07, 6.45) is 1.47. The molecule has 22 heavy (non-hydrogen) atoms. The monoisotopic (exact) mass is 291 g/mol. The number of carbonyl (C=O) groups is 1. The zero-order chi connectivity index (χ0) is 15.7. The van der Waals surface area contributed by atoms with Gasteiger partial charge in [-0.05, 0) is 30.3 Å². The molecule has 0 unspecified atom stereocenters. The maximum absolute atomic E-state index is 12.1. The Morgan fingerprint density at radius 1 is 1.23 bits per heavy atom. The first-order chi connectivity index (χ1) is 10.6. The zero-order valence-corrected chi connectivity index (χ0v) is 11.2. The quantitative estimate of drug-likeness (QED) is 0.522. The van der Waals surface area contributed by atoms with E-state index in [-0.39, 0.29) is 11.6 Å². The lowest BCUT2D eigenvalue weighted by atomic mass is 10.0. The van der Waals surface area contributed by atoms with Crippen LogP contribution in [0.4, 0.5) is 11.4 Å². The Morgan fingerprint density at radius 2 is 2.00 bits per heavy atom. The third-order valence-corrected chi connectivity index (χ3v) is 3.36. The number of para-hydroxylation sites is 1. The zero-order valence-electron chi connectivity index (χ0n) is 11.2. The second-order valence-corrected chi connectivity index (χ2v) is 4.70. The number of benzene rings is 2. The van der Waals surface area contributed by atoms with Gasteiger partial charge in [0.15, 0.2) is 0 Å². The van der Waals surface area contributed by atoms with Gasteiger partial charge in [0.2, 0.25) is 0 Å². The maximum atomic E-state index is 12.1. The molecule has 0 aliphatic carbocycles. The third kappa shape index (κ3) is 2.21. The van der Waals surface area contributed by atoms with Crippen LogP contribution in [0.3, 0.4) is 0 Å². The van der Waals surface area contributed by atoms with Crippen LogP contribution in [0.25, 0.3) is 11.6 Å². The largest absolute Gasteiger partial charge is 0.321 e. The minimum atomic E-state index is -0.494. The molecule has 0 radical (unpaired) electrons. The predicted molar refractivity (Wildman–Crippen MR) is 80.8 cm³/mol. The van der Waals surface area contributed by atoms with Crippen molar-refractivity contribution >= 4 is 28.9 Å². The maximum Gasteiger partial charge on any atom is 0.276 e. The number of nitriles is 1. The summed E-state index contributed by atoms with van der Waals surface area (Å²) in [4.78, 5) is 22.6. The number of nitrogens with zero attached hydrogens (tertiary/aromatic N) is 2. The second-order valence-electron chi connectivity index (χ2n) is 4.70. The van der Waals surface area contributed by atoms with Gasteiger partial charge < -0.3 is 5.32 Å². The van der Waals surface area contributed by atoms with Gasteiger partial charge in [-0.1, -0.05) is 12.1 Å². The first-order valence-electron chi connectivity index (χ1n) is 6.41. The van der Waals surface area contributed by atoms with Gasteiger partial charge in [0.05, 0.1) is 22.1 Å². The van der Waals surface area contributed by atoms with Crippen molar-refractivity contribution in [1.82, 2.24) is 0 Å². The number of rotatable bonds is 2. The lowest BCUT2D eigenvalue weighted by Gasteiger charge is -2.00. The number of hydrogen-bond donors (Lipinski definition) is 1. The molecule has 3 rings (SSSR count). The van der Waals surface area contributed by atoms with E-state index in [2.05, 4.69) is 5.32 Å². The minimum Gasteiger partial charge on any atom is -0.321 e. The second kappa shape index (κ2) is 5.14. The van der Waals surface area contributed by atoms with Crippen LogP contribution in [0.15, 0.2) is 42.5 Å². The van der Waals surface area contributed by atoms with Crippen LogP contribution in [-0.2, 0) is 4.79 Å². The Hall–Kier alpha value is -3.46. The molecule has 2 aromatic carbocycles. The van der Waals surface area contributed by atoms with Crippen LogP contribution in [0.5, 0.6) is 0 Å². The van der Waals surface area contributed by atoms with Gasteiger partial charge in [-0.2, -0.15) is 5.26 Å². The number of nitrogens with one attached hydrogen (secondary N) is 1. The number of carbonyl (C=O) groups excluding carboxylic acids is 1. The molecule has 0 saturated carbocycles. The molecular formula is C16H9N3O3. The van der Waals surface area contributed by atoms with Gasteiger partial charge in [0, 0.05) is 22.9 Å². The summed E-state index contributed by atoms with van der Waals surface area (Å²) in [6, 6.07) is 13.0. The van der Waals surface area contributed by atoms with Crippen molar-refractivity contribution in [3.8, 4) is 6.07 Å². The average molecular weight is 291 g/mol. The van der Waals surface area contributed by atoms with Crippen molar-refractivity contribution in [2.45, 2.75) is 0 Å². The molecule has 0 aromatic heterocycles. The van der Waals surface area contributed by atoms with Crippen LogP contribution in [0, 0.1) is 21.4 Å².